The summed E-state index contributed by atoms with van der Waals surface area (Å²) in [5, 5.41) is 9.02. The first-order chi connectivity index (χ1) is 13.3. The molecule has 2 aromatic rings. The molecule has 1 N–H and O–H groups in total. The largest absolute Gasteiger partial charge is 0.416 e. The highest BCUT2D eigenvalue weighted by Gasteiger charge is 2.30. The lowest BCUT2D eigenvalue weighted by molar-refractivity contribution is -0.138. The Balaban J connectivity index is 0.000000247. The summed E-state index contributed by atoms with van der Waals surface area (Å²) in [5.74, 6) is 0. The number of hydrogen-bond donors (Lipinski definition) is 1. The molecule has 1 fully saturated rings. The van der Waals surface area contributed by atoms with Gasteiger partial charge in [-0.2, -0.15) is 26.3 Å². The van der Waals surface area contributed by atoms with Gasteiger partial charge in [-0.1, -0.05) is 40.2 Å². The van der Waals surface area contributed by atoms with Crippen LogP contribution in [-0.4, -0.2) is 23.9 Å². The predicted molar refractivity (Wildman–Crippen MR) is 101 cm³/mol. The molecule has 1 saturated heterocycles. The molecule has 0 bridgehead atoms. The predicted octanol–water partition coefficient (Wildman–Crippen LogP) is 6.50. The zero-order valence-electron chi connectivity index (χ0n) is 15.7. The normalized spacial score (nSPS) is 16.7. The molecule has 3 rings (SSSR count). The summed E-state index contributed by atoms with van der Waals surface area (Å²) in [7, 11) is 0. The van der Waals surface area contributed by atoms with E-state index in [1.807, 2.05) is 0 Å². The second-order valence-electron chi connectivity index (χ2n) is 6.40. The molecule has 0 radical (unpaired) electrons. The molecule has 0 aliphatic carbocycles. The Morgan fingerprint density at radius 3 is 1.79 bits per heavy atom. The summed E-state index contributed by atoms with van der Waals surface area (Å²) in [6.07, 6.45) is -8.36. The van der Waals surface area contributed by atoms with Crippen LogP contribution in [0.15, 0.2) is 53.0 Å². The van der Waals surface area contributed by atoms with Crippen LogP contribution in [0.4, 0.5) is 26.3 Å². The van der Waals surface area contributed by atoms with Crippen molar-refractivity contribution in [3.05, 3.63) is 69.7 Å². The molecule has 1 aliphatic heterocycles. The van der Waals surface area contributed by atoms with E-state index in [0.29, 0.717) is 16.1 Å². The van der Waals surface area contributed by atoms with E-state index in [-0.39, 0.29) is 6.42 Å². The van der Waals surface area contributed by atoms with Crippen LogP contribution < -0.4 is 0 Å². The van der Waals surface area contributed by atoms with Crippen molar-refractivity contribution in [3.63, 3.8) is 0 Å². The number of aliphatic hydroxyl groups is 1. The molecular formula is C20H21BrF6O2. The molecular weight excluding hydrogens is 466 g/mol. The van der Waals surface area contributed by atoms with Crippen molar-refractivity contribution in [2.45, 2.75) is 44.8 Å². The van der Waals surface area contributed by atoms with Crippen LogP contribution in [0.25, 0.3) is 0 Å². The lowest BCUT2D eigenvalue weighted by atomic mass is 10.1. The molecule has 0 amide bonds. The first-order valence-electron chi connectivity index (χ1n) is 8.57. The van der Waals surface area contributed by atoms with E-state index in [0.717, 1.165) is 30.9 Å². The molecule has 0 saturated carbocycles. The van der Waals surface area contributed by atoms with Crippen molar-refractivity contribution in [2.75, 3.05) is 6.61 Å². The molecule has 2 aromatic carbocycles. The number of benzene rings is 2. The molecule has 162 valence electrons. The fraction of sp³-hybridized carbons (Fsp3) is 0.400. The van der Waals surface area contributed by atoms with E-state index in [4.69, 9.17) is 9.84 Å². The number of alkyl halides is 6. The Hall–Kier alpha value is -1.58. The molecule has 2 nitrogen and oxygen atoms in total. The number of ether oxygens (including phenoxy) is 1. The highest BCUT2D eigenvalue weighted by atomic mass is 79.9. The third-order valence-corrected chi connectivity index (χ3v) is 3.93. The van der Waals surface area contributed by atoms with Gasteiger partial charge in [0.25, 0.3) is 0 Å². The van der Waals surface area contributed by atoms with Gasteiger partial charge in [0, 0.05) is 4.47 Å². The van der Waals surface area contributed by atoms with Crippen LogP contribution in [0.3, 0.4) is 0 Å². The minimum Gasteiger partial charge on any atom is -0.393 e. The molecule has 0 spiro atoms. The molecule has 29 heavy (non-hydrogen) atoms. The SMILES string of the molecule is CC(O)Cc1cccc(C(F)(F)F)c1.CC1CO1.FC(F)(F)c1cccc(Br)c1. The Kier molecular flexibility index (Phi) is 9.64. The van der Waals surface area contributed by atoms with Gasteiger partial charge in [-0.25, -0.2) is 0 Å². The lowest BCUT2D eigenvalue weighted by Crippen LogP contribution is -2.08. The van der Waals surface area contributed by atoms with Gasteiger partial charge in [0.1, 0.15) is 0 Å². The second kappa shape index (κ2) is 11.0. The fourth-order valence-corrected chi connectivity index (χ4v) is 2.38. The summed E-state index contributed by atoms with van der Waals surface area (Å²) in [4.78, 5) is 0. The van der Waals surface area contributed by atoms with E-state index < -0.39 is 29.6 Å². The van der Waals surface area contributed by atoms with Crippen LogP contribution in [0.2, 0.25) is 0 Å². The minimum absolute atomic E-state index is 0.240. The standard InChI is InChI=1S/C10H11F3O.C7H4BrF3.C3H6O/c1-7(14)5-8-3-2-4-9(6-8)10(11,12)13;8-6-3-1-2-5(4-6)7(9,10)11;1-3-2-4-3/h2-4,6-7,14H,5H2,1H3;1-4H;3H,2H2,1H3. The van der Waals surface area contributed by atoms with Gasteiger partial charge < -0.3 is 9.84 Å². The van der Waals surface area contributed by atoms with Crippen LogP contribution in [0.1, 0.15) is 30.5 Å². The van der Waals surface area contributed by atoms with Crippen molar-refractivity contribution in [1.82, 2.24) is 0 Å². The van der Waals surface area contributed by atoms with Gasteiger partial charge in [-0.05, 0) is 50.1 Å². The maximum atomic E-state index is 12.2. The van der Waals surface area contributed by atoms with Crippen molar-refractivity contribution < 1.29 is 36.2 Å². The Morgan fingerprint density at radius 2 is 1.45 bits per heavy atom. The van der Waals surface area contributed by atoms with Gasteiger partial charge in [-0.3, -0.25) is 0 Å². The molecule has 9 heteroatoms. The zero-order chi connectivity index (χ0) is 22.2. The monoisotopic (exact) mass is 486 g/mol. The molecule has 2 unspecified atom stereocenters. The van der Waals surface area contributed by atoms with Crippen LogP contribution >= 0.6 is 15.9 Å². The third-order valence-electron chi connectivity index (χ3n) is 3.44. The topological polar surface area (TPSA) is 32.8 Å². The average Bonchev–Trinajstić information content (AvgIpc) is 3.36. The average molecular weight is 487 g/mol. The number of epoxide rings is 1. The first-order valence-corrected chi connectivity index (χ1v) is 9.37. The summed E-state index contributed by atoms with van der Waals surface area (Å²) < 4.78 is 77.7. The van der Waals surface area contributed by atoms with Crippen molar-refractivity contribution in [2.24, 2.45) is 0 Å². The van der Waals surface area contributed by atoms with Crippen molar-refractivity contribution in [1.29, 1.82) is 0 Å². The quantitative estimate of drug-likeness (QED) is 0.388. The summed E-state index contributed by atoms with van der Waals surface area (Å²) in [6.45, 7) is 4.58. The van der Waals surface area contributed by atoms with E-state index in [2.05, 4.69) is 22.9 Å². The van der Waals surface area contributed by atoms with Crippen LogP contribution in [0, 0.1) is 0 Å². The van der Waals surface area contributed by atoms with Gasteiger partial charge in [0.05, 0.1) is 29.9 Å². The van der Waals surface area contributed by atoms with E-state index in [9.17, 15) is 26.3 Å². The number of hydrogen-bond acceptors (Lipinski definition) is 2. The first kappa shape index (κ1) is 25.5. The van der Waals surface area contributed by atoms with Gasteiger partial charge in [-0.15, -0.1) is 0 Å². The van der Waals surface area contributed by atoms with Crippen LogP contribution in [0.5, 0.6) is 0 Å². The lowest BCUT2D eigenvalue weighted by Gasteiger charge is -2.09. The zero-order valence-corrected chi connectivity index (χ0v) is 17.3. The highest BCUT2D eigenvalue weighted by Crippen LogP contribution is 2.31. The number of halogens is 7. The fourth-order valence-electron chi connectivity index (χ4n) is 1.98. The maximum absolute atomic E-state index is 12.2. The molecule has 2 atom stereocenters. The second-order valence-corrected chi connectivity index (χ2v) is 7.32. The van der Waals surface area contributed by atoms with Gasteiger partial charge in [0.2, 0.25) is 0 Å². The summed E-state index contributed by atoms with van der Waals surface area (Å²) >= 11 is 2.95. The Labute approximate surface area is 173 Å². The third kappa shape index (κ3) is 11.3. The summed E-state index contributed by atoms with van der Waals surface area (Å²) in [6, 6.07) is 9.98. The Morgan fingerprint density at radius 1 is 1.00 bits per heavy atom. The number of rotatable bonds is 2. The Bertz CT molecular complexity index is 755. The van der Waals surface area contributed by atoms with Crippen molar-refractivity contribution >= 4 is 15.9 Å². The van der Waals surface area contributed by atoms with Gasteiger partial charge >= 0.3 is 12.4 Å². The van der Waals surface area contributed by atoms with E-state index >= 15 is 0 Å². The molecule has 0 aromatic heterocycles. The smallest absolute Gasteiger partial charge is 0.393 e. The van der Waals surface area contributed by atoms with E-state index in [1.54, 1.807) is 19.1 Å². The van der Waals surface area contributed by atoms with Crippen molar-refractivity contribution in [3.8, 4) is 0 Å². The van der Waals surface area contributed by atoms with Crippen LogP contribution in [-0.2, 0) is 23.5 Å². The highest BCUT2D eigenvalue weighted by molar-refractivity contribution is 9.10. The van der Waals surface area contributed by atoms with E-state index in [1.165, 1.54) is 12.1 Å². The van der Waals surface area contributed by atoms with Gasteiger partial charge in [0.15, 0.2) is 0 Å². The molecule has 1 aliphatic rings. The minimum atomic E-state index is -4.31. The summed E-state index contributed by atoms with van der Waals surface area (Å²) in [5.41, 5.74) is -0.808. The molecule has 1 heterocycles. The maximum Gasteiger partial charge on any atom is 0.416 e. The number of aliphatic hydroxyl groups excluding tert-OH is 1.